The van der Waals surface area contributed by atoms with Crippen LogP contribution in [0.2, 0.25) is 0 Å². The van der Waals surface area contributed by atoms with E-state index in [1.807, 2.05) is 26.8 Å². The van der Waals surface area contributed by atoms with E-state index in [1.165, 1.54) is 19.3 Å². The van der Waals surface area contributed by atoms with Gasteiger partial charge in [-0.2, -0.15) is 0 Å². The molecule has 2 heterocycles. The zero-order chi connectivity index (χ0) is 17.4. The highest BCUT2D eigenvalue weighted by Gasteiger charge is 2.76. The summed E-state index contributed by atoms with van der Waals surface area (Å²) >= 11 is 0. The van der Waals surface area contributed by atoms with Crippen LogP contribution in [0.15, 0.2) is 12.7 Å². The Morgan fingerprint density at radius 1 is 1.32 bits per heavy atom. The standard InChI is InChI=1S/C9H11NO4.C6H12.C2H6/c1-3-5-6(12)10-9(4-11)7(13)14-8(5,9)2;1-3-5-6-4-2;1-2/h4-5H,3H2,1-2H3,(H,10,12);3H,1,4-6H2,2H3;1-2H3/t5-,8-,9-;;/m0../s1. The summed E-state index contributed by atoms with van der Waals surface area (Å²) in [6, 6.07) is 0. The van der Waals surface area contributed by atoms with Gasteiger partial charge in [-0.15, -0.1) is 6.58 Å². The highest BCUT2D eigenvalue weighted by atomic mass is 16.6. The molecule has 1 amide bonds. The van der Waals surface area contributed by atoms with E-state index < -0.39 is 23.0 Å². The number of aldehydes is 1. The fourth-order valence-corrected chi connectivity index (χ4v) is 2.68. The summed E-state index contributed by atoms with van der Waals surface area (Å²) in [5.74, 6) is -1.36. The highest BCUT2D eigenvalue weighted by molar-refractivity contribution is 6.12. The van der Waals surface area contributed by atoms with Crippen LogP contribution in [-0.2, 0) is 19.1 Å². The van der Waals surface area contributed by atoms with Crippen LogP contribution in [-0.4, -0.2) is 29.3 Å². The minimum absolute atomic E-state index is 0.284. The number of carbonyl (C=O) groups is 3. The lowest BCUT2D eigenvalue weighted by atomic mass is 9.72. The Morgan fingerprint density at radius 3 is 2.18 bits per heavy atom. The molecule has 5 heteroatoms. The number of nitrogens with one attached hydrogen (secondary N) is 1. The fraction of sp³-hybridized carbons (Fsp3) is 0.706. The normalized spacial score (nSPS) is 31.0. The van der Waals surface area contributed by atoms with Crippen molar-refractivity contribution in [3.63, 3.8) is 0 Å². The van der Waals surface area contributed by atoms with Crippen molar-refractivity contribution in [3.05, 3.63) is 12.7 Å². The Kier molecular flexibility index (Phi) is 8.06. The molecule has 2 saturated heterocycles. The average molecular weight is 311 g/mol. The van der Waals surface area contributed by atoms with Crippen LogP contribution in [0.5, 0.6) is 0 Å². The first-order valence-electron chi connectivity index (χ1n) is 8.06. The van der Waals surface area contributed by atoms with E-state index in [0.29, 0.717) is 12.7 Å². The molecule has 0 aromatic rings. The van der Waals surface area contributed by atoms with Gasteiger partial charge in [0, 0.05) is 0 Å². The second-order valence-corrected chi connectivity index (χ2v) is 5.30. The van der Waals surface area contributed by atoms with Crippen LogP contribution in [0.4, 0.5) is 0 Å². The lowest BCUT2D eigenvalue weighted by molar-refractivity contribution is -0.214. The van der Waals surface area contributed by atoms with Crippen molar-refractivity contribution in [3.8, 4) is 0 Å². The first kappa shape index (κ1) is 20.3. The monoisotopic (exact) mass is 311 g/mol. The van der Waals surface area contributed by atoms with Crippen LogP contribution in [0.1, 0.15) is 60.3 Å². The number of rotatable bonds is 5. The number of unbranched alkanes of at least 4 members (excludes halogenated alkanes) is 2. The summed E-state index contributed by atoms with van der Waals surface area (Å²) in [4.78, 5) is 33.6. The SMILES string of the molecule is C=CCCCC.CC.CC[C@H]1C(=O)N[C@@]2(C=O)C(=O)O[C@@]12C. The van der Waals surface area contributed by atoms with Crippen LogP contribution in [0.25, 0.3) is 0 Å². The molecule has 126 valence electrons. The van der Waals surface area contributed by atoms with E-state index in [1.54, 1.807) is 6.92 Å². The molecule has 0 saturated carbocycles. The maximum atomic E-state index is 11.5. The third-order valence-corrected chi connectivity index (χ3v) is 4.06. The second kappa shape index (κ2) is 8.71. The minimum atomic E-state index is -1.43. The molecule has 1 N–H and O–H groups in total. The molecule has 0 unspecified atom stereocenters. The molecule has 0 aliphatic carbocycles. The molecular formula is C17H29NO4. The van der Waals surface area contributed by atoms with Crippen LogP contribution < -0.4 is 5.32 Å². The van der Waals surface area contributed by atoms with Gasteiger partial charge in [-0.05, 0) is 19.8 Å². The molecule has 0 aromatic carbocycles. The molecule has 22 heavy (non-hydrogen) atoms. The van der Waals surface area contributed by atoms with E-state index in [2.05, 4.69) is 18.8 Å². The Bertz CT molecular complexity index is 421. The van der Waals surface area contributed by atoms with Gasteiger partial charge in [0.05, 0.1) is 5.92 Å². The predicted octanol–water partition coefficient (Wildman–Crippen LogP) is 2.78. The second-order valence-electron chi connectivity index (χ2n) is 5.30. The zero-order valence-electron chi connectivity index (χ0n) is 14.4. The minimum Gasteiger partial charge on any atom is -0.453 e. The van der Waals surface area contributed by atoms with Crippen LogP contribution >= 0.6 is 0 Å². The van der Waals surface area contributed by atoms with Crippen molar-refractivity contribution >= 4 is 18.2 Å². The van der Waals surface area contributed by atoms with Crippen LogP contribution in [0.3, 0.4) is 0 Å². The zero-order valence-corrected chi connectivity index (χ0v) is 14.4. The van der Waals surface area contributed by atoms with Crippen molar-refractivity contribution < 1.29 is 19.1 Å². The van der Waals surface area contributed by atoms with E-state index in [9.17, 15) is 14.4 Å². The smallest absolute Gasteiger partial charge is 0.344 e. The number of hydrogen-bond donors (Lipinski definition) is 1. The summed E-state index contributed by atoms with van der Waals surface area (Å²) in [7, 11) is 0. The van der Waals surface area contributed by atoms with Crippen molar-refractivity contribution in [1.29, 1.82) is 0 Å². The van der Waals surface area contributed by atoms with E-state index in [-0.39, 0.29) is 5.91 Å². The summed E-state index contributed by atoms with van der Waals surface area (Å²) in [5.41, 5.74) is -2.41. The number of amides is 1. The fourth-order valence-electron chi connectivity index (χ4n) is 2.68. The lowest BCUT2D eigenvalue weighted by Crippen LogP contribution is -2.75. The number of fused-ring (bicyclic) bond motifs is 1. The maximum Gasteiger partial charge on any atom is 0.344 e. The van der Waals surface area contributed by atoms with Gasteiger partial charge in [-0.3, -0.25) is 9.59 Å². The van der Waals surface area contributed by atoms with E-state index >= 15 is 0 Å². The molecular weight excluding hydrogens is 282 g/mol. The van der Waals surface area contributed by atoms with Crippen LogP contribution in [0, 0.1) is 5.92 Å². The largest absolute Gasteiger partial charge is 0.453 e. The Hall–Kier alpha value is -1.65. The first-order chi connectivity index (χ1) is 10.4. The molecule has 0 spiro atoms. The van der Waals surface area contributed by atoms with Gasteiger partial charge in [-0.25, -0.2) is 4.79 Å². The van der Waals surface area contributed by atoms with E-state index in [4.69, 9.17) is 4.74 Å². The predicted molar refractivity (Wildman–Crippen MR) is 86.3 cm³/mol. The molecule has 2 fully saturated rings. The van der Waals surface area contributed by atoms with Crippen molar-refractivity contribution in [2.75, 3.05) is 0 Å². The molecule has 0 radical (unpaired) electrons. The molecule has 2 aliphatic heterocycles. The topological polar surface area (TPSA) is 72.5 Å². The highest BCUT2D eigenvalue weighted by Crippen LogP contribution is 2.48. The summed E-state index contributed by atoms with van der Waals surface area (Å²) in [6.45, 7) is 13.2. The van der Waals surface area contributed by atoms with Crippen molar-refractivity contribution in [2.45, 2.75) is 71.4 Å². The molecule has 2 aliphatic rings. The summed E-state index contributed by atoms with van der Waals surface area (Å²) < 4.78 is 4.97. The quantitative estimate of drug-likeness (QED) is 0.279. The van der Waals surface area contributed by atoms with Gasteiger partial charge in [0.15, 0.2) is 11.9 Å². The van der Waals surface area contributed by atoms with Gasteiger partial charge in [0.25, 0.3) is 0 Å². The van der Waals surface area contributed by atoms with Gasteiger partial charge in [-0.1, -0.05) is 46.6 Å². The summed E-state index contributed by atoms with van der Waals surface area (Å²) in [6.07, 6.45) is 6.74. The summed E-state index contributed by atoms with van der Waals surface area (Å²) in [5, 5.41) is 2.43. The van der Waals surface area contributed by atoms with E-state index in [0.717, 1.165) is 0 Å². The molecule has 3 atom stereocenters. The first-order valence-corrected chi connectivity index (χ1v) is 8.06. The third-order valence-electron chi connectivity index (χ3n) is 4.06. The Balaban J connectivity index is 0.000000470. The number of carbonyl (C=O) groups excluding carboxylic acids is 3. The number of ether oxygens (including phenoxy) is 1. The molecule has 2 rings (SSSR count). The number of allylic oxidation sites excluding steroid dienone is 1. The molecule has 5 nitrogen and oxygen atoms in total. The van der Waals surface area contributed by atoms with Gasteiger partial charge < -0.3 is 10.1 Å². The maximum absolute atomic E-state index is 11.5. The molecule has 0 bridgehead atoms. The average Bonchev–Trinajstić information content (AvgIpc) is 2.70. The third kappa shape index (κ3) is 3.23. The van der Waals surface area contributed by atoms with Gasteiger partial charge in [0.2, 0.25) is 11.4 Å². The molecule has 0 aromatic heterocycles. The van der Waals surface area contributed by atoms with Crippen molar-refractivity contribution in [2.24, 2.45) is 5.92 Å². The Labute approximate surface area is 133 Å². The van der Waals surface area contributed by atoms with Crippen molar-refractivity contribution in [1.82, 2.24) is 5.32 Å². The van der Waals surface area contributed by atoms with Gasteiger partial charge in [0.1, 0.15) is 0 Å². The lowest BCUT2D eigenvalue weighted by Gasteiger charge is -2.47. The number of esters is 1. The Morgan fingerprint density at radius 2 is 1.91 bits per heavy atom. The van der Waals surface area contributed by atoms with Gasteiger partial charge >= 0.3 is 5.97 Å². The number of hydrogen-bond acceptors (Lipinski definition) is 4.